The highest BCUT2D eigenvalue weighted by molar-refractivity contribution is 5.97. The number of rotatable bonds is 6. The zero-order valence-electron chi connectivity index (χ0n) is 19.4. The molecular formula is C26H28N4O4. The van der Waals surface area contributed by atoms with Crippen LogP contribution in [0.25, 0.3) is 11.0 Å². The van der Waals surface area contributed by atoms with Gasteiger partial charge in [-0.1, -0.05) is 43.5 Å². The number of hydrogen-bond donors (Lipinski definition) is 1. The Labute approximate surface area is 197 Å². The first kappa shape index (κ1) is 23.4. The fourth-order valence-electron chi connectivity index (χ4n) is 4.57. The number of hydrogen-bond acceptors (Lipinski definition) is 5. The van der Waals surface area contributed by atoms with Crippen molar-refractivity contribution in [2.45, 2.75) is 58.5 Å². The summed E-state index contributed by atoms with van der Waals surface area (Å²) in [6.45, 7) is 2.65. The summed E-state index contributed by atoms with van der Waals surface area (Å²) in [6.07, 6.45) is 4.75. The van der Waals surface area contributed by atoms with Crippen LogP contribution < -0.4 is 15.8 Å². The Morgan fingerprint density at radius 3 is 2.47 bits per heavy atom. The molecule has 0 unspecified atom stereocenters. The predicted molar refractivity (Wildman–Crippen MR) is 131 cm³/mol. The highest BCUT2D eigenvalue weighted by atomic mass is 16.2. The average molecular weight is 461 g/mol. The number of aromatic nitrogens is 2. The van der Waals surface area contributed by atoms with Crippen molar-refractivity contribution in [3.8, 4) is 0 Å². The van der Waals surface area contributed by atoms with Crippen molar-refractivity contribution < 1.29 is 14.4 Å². The number of ketones is 1. The molecule has 3 aromatic rings. The SMILES string of the molecule is CC(=O)c1cccc(NC(=O)Cn2c(=O)c(N(C(C)=O)C3CCCCC3)nc3ccccc32)c1. The minimum absolute atomic E-state index is 0.0597. The van der Waals surface area contributed by atoms with Gasteiger partial charge < -0.3 is 5.32 Å². The maximum atomic E-state index is 13.6. The first-order valence-corrected chi connectivity index (χ1v) is 11.6. The molecule has 0 bridgehead atoms. The third kappa shape index (κ3) is 4.90. The maximum Gasteiger partial charge on any atom is 0.294 e. The molecule has 8 heteroatoms. The number of nitrogens with zero attached hydrogens (tertiary/aromatic N) is 3. The average Bonchev–Trinajstić information content (AvgIpc) is 2.82. The summed E-state index contributed by atoms with van der Waals surface area (Å²) in [7, 11) is 0. The van der Waals surface area contributed by atoms with Crippen molar-refractivity contribution in [1.82, 2.24) is 9.55 Å². The Morgan fingerprint density at radius 2 is 1.76 bits per heavy atom. The van der Waals surface area contributed by atoms with Gasteiger partial charge in [-0.05, 0) is 44.0 Å². The second-order valence-corrected chi connectivity index (χ2v) is 8.68. The van der Waals surface area contributed by atoms with Gasteiger partial charge in [0.2, 0.25) is 17.6 Å². The number of carbonyl (C=O) groups excluding carboxylic acids is 3. The lowest BCUT2D eigenvalue weighted by Gasteiger charge is -2.32. The Balaban J connectivity index is 1.72. The minimum atomic E-state index is -0.480. The topological polar surface area (TPSA) is 101 Å². The molecule has 1 saturated carbocycles. The lowest BCUT2D eigenvalue weighted by atomic mass is 9.94. The van der Waals surface area contributed by atoms with Crippen LogP contribution in [0.15, 0.2) is 53.3 Å². The molecule has 2 aromatic carbocycles. The molecule has 8 nitrogen and oxygen atoms in total. The molecule has 0 radical (unpaired) electrons. The number of Topliss-reactive ketones (excluding diaryl/α,β-unsaturated/α-hetero) is 1. The van der Waals surface area contributed by atoms with Crippen LogP contribution in [-0.4, -0.2) is 33.2 Å². The molecule has 1 heterocycles. The molecule has 1 aromatic heterocycles. The largest absolute Gasteiger partial charge is 0.325 e. The van der Waals surface area contributed by atoms with Gasteiger partial charge in [0.15, 0.2) is 5.78 Å². The lowest BCUT2D eigenvalue weighted by Crippen LogP contribution is -2.45. The Hall–Kier alpha value is -3.81. The fraction of sp³-hybridized carbons (Fsp3) is 0.346. The number of nitrogens with one attached hydrogen (secondary N) is 1. The highest BCUT2D eigenvalue weighted by Gasteiger charge is 2.29. The van der Waals surface area contributed by atoms with Crippen LogP contribution in [0.1, 0.15) is 56.3 Å². The number of para-hydroxylation sites is 2. The van der Waals surface area contributed by atoms with Crippen molar-refractivity contribution in [1.29, 1.82) is 0 Å². The van der Waals surface area contributed by atoms with Crippen LogP contribution in [0, 0.1) is 0 Å². The summed E-state index contributed by atoms with van der Waals surface area (Å²) in [6, 6.07) is 13.6. The summed E-state index contributed by atoms with van der Waals surface area (Å²) < 4.78 is 1.36. The monoisotopic (exact) mass is 460 g/mol. The first-order valence-electron chi connectivity index (χ1n) is 11.6. The Bertz CT molecular complexity index is 1310. The van der Waals surface area contributed by atoms with Crippen molar-refractivity contribution >= 4 is 40.1 Å². The number of benzene rings is 2. The van der Waals surface area contributed by atoms with Crippen molar-refractivity contribution in [3.63, 3.8) is 0 Å². The van der Waals surface area contributed by atoms with E-state index < -0.39 is 11.5 Å². The van der Waals surface area contributed by atoms with Crippen molar-refractivity contribution in [3.05, 3.63) is 64.4 Å². The first-order chi connectivity index (χ1) is 16.3. The van der Waals surface area contributed by atoms with Gasteiger partial charge in [0.1, 0.15) is 6.54 Å². The third-order valence-electron chi connectivity index (χ3n) is 6.20. The highest BCUT2D eigenvalue weighted by Crippen LogP contribution is 2.26. The lowest BCUT2D eigenvalue weighted by molar-refractivity contribution is -0.117. The van der Waals surface area contributed by atoms with Crippen molar-refractivity contribution in [2.75, 3.05) is 10.2 Å². The molecule has 2 amide bonds. The number of fused-ring (bicyclic) bond motifs is 1. The smallest absolute Gasteiger partial charge is 0.294 e. The van der Waals surface area contributed by atoms with Gasteiger partial charge in [0.05, 0.1) is 11.0 Å². The molecule has 0 spiro atoms. The van der Waals surface area contributed by atoms with E-state index >= 15 is 0 Å². The van der Waals surface area contributed by atoms with Crippen LogP contribution in [0.3, 0.4) is 0 Å². The molecule has 1 fully saturated rings. The molecular weight excluding hydrogens is 432 g/mol. The second-order valence-electron chi connectivity index (χ2n) is 8.68. The van der Waals surface area contributed by atoms with E-state index in [1.54, 1.807) is 48.5 Å². The van der Waals surface area contributed by atoms with Crippen molar-refractivity contribution in [2.24, 2.45) is 0 Å². The summed E-state index contributed by atoms with van der Waals surface area (Å²) in [5.41, 5.74) is 1.52. The zero-order chi connectivity index (χ0) is 24.2. The van der Waals surface area contributed by atoms with E-state index in [0.29, 0.717) is 22.3 Å². The van der Waals surface area contributed by atoms with Crippen LogP contribution in [0.5, 0.6) is 0 Å². The second kappa shape index (κ2) is 9.99. The minimum Gasteiger partial charge on any atom is -0.325 e. The summed E-state index contributed by atoms with van der Waals surface area (Å²) in [4.78, 5) is 56.9. The number of carbonyl (C=O) groups is 3. The third-order valence-corrected chi connectivity index (χ3v) is 6.20. The van der Waals surface area contributed by atoms with E-state index in [-0.39, 0.29) is 30.1 Å². The molecule has 4 rings (SSSR count). The predicted octanol–water partition coefficient (Wildman–Crippen LogP) is 3.92. The van der Waals surface area contributed by atoms with E-state index in [1.165, 1.54) is 23.3 Å². The fourth-order valence-corrected chi connectivity index (χ4v) is 4.57. The van der Waals surface area contributed by atoms with Gasteiger partial charge in [-0.15, -0.1) is 0 Å². The summed E-state index contributed by atoms with van der Waals surface area (Å²) >= 11 is 0. The van der Waals surface area contributed by atoms with Crippen LogP contribution in [-0.2, 0) is 16.1 Å². The molecule has 34 heavy (non-hydrogen) atoms. The Morgan fingerprint density at radius 1 is 1.03 bits per heavy atom. The normalized spacial score (nSPS) is 14.1. The van der Waals surface area contributed by atoms with Gasteiger partial charge in [0, 0.05) is 24.2 Å². The van der Waals surface area contributed by atoms with Crippen LogP contribution in [0.2, 0.25) is 0 Å². The molecule has 1 N–H and O–H groups in total. The molecule has 0 aliphatic heterocycles. The van der Waals surface area contributed by atoms with E-state index in [1.807, 2.05) is 0 Å². The van der Waals surface area contributed by atoms with Crippen LogP contribution in [0.4, 0.5) is 11.5 Å². The van der Waals surface area contributed by atoms with E-state index in [4.69, 9.17) is 0 Å². The van der Waals surface area contributed by atoms with Gasteiger partial charge in [-0.3, -0.25) is 28.6 Å². The van der Waals surface area contributed by atoms with Gasteiger partial charge >= 0.3 is 0 Å². The van der Waals surface area contributed by atoms with Crippen LogP contribution >= 0.6 is 0 Å². The number of anilines is 2. The molecule has 0 atom stereocenters. The summed E-state index contributed by atoms with van der Waals surface area (Å²) in [5, 5.41) is 2.76. The Kier molecular flexibility index (Phi) is 6.86. The van der Waals surface area contributed by atoms with E-state index in [0.717, 1.165) is 32.1 Å². The summed E-state index contributed by atoms with van der Waals surface area (Å²) in [5.74, 6) is -0.699. The van der Waals surface area contributed by atoms with E-state index in [9.17, 15) is 19.2 Å². The van der Waals surface area contributed by atoms with Gasteiger partial charge in [-0.25, -0.2) is 4.98 Å². The maximum absolute atomic E-state index is 13.6. The molecule has 1 aliphatic rings. The molecule has 0 saturated heterocycles. The molecule has 176 valence electrons. The standard InChI is InChI=1S/C26H28N4O4/c1-17(31)19-9-8-10-20(15-19)27-24(33)16-29-23-14-7-6-13-22(23)28-25(26(29)34)30(18(2)32)21-11-4-3-5-12-21/h6-10,13-15,21H,3-5,11-12,16H2,1-2H3,(H,27,33). The molecule has 1 aliphatic carbocycles. The van der Waals surface area contributed by atoms with Gasteiger partial charge in [0.25, 0.3) is 5.56 Å². The quantitative estimate of drug-likeness (QED) is 0.562. The van der Waals surface area contributed by atoms with E-state index in [2.05, 4.69) is 10.3 Å². The van der Waals surface area contributed by atoms with Gasteiger partial charge in [-0.2, -0.15) is 0 Å². The zero-order valence-corrected chi connectivity index (χ0v) is 19.4. The number of amides is 2.